The van der Waals surface area contributed by atoms with Gasteiger partial charge in [-0.25, -0.2) is 9.59 Å². The lowest BCUT2D eigenvalue weighted by Gasteiger charge is -2.41. The van der Waals surface area contributed by atoms with Gasteiger partial charge in [0.2, 0.25) is 11.8 Å². The number of rotatable bonds is 27. The first-order valence-electron chi connectivity index (χ1n) is 30.9. The summed E-state index contributed by atoms with van der Waals surface area (Å²) in [5, 5.41) is 28.9. The summed E-state index contributed by atoms with van der Waals surface area (Å²) in [4.78, 5) is 124. The molecule has 3 aliphatic rings. The average molecular weight is 1260 g/mol. The fourth-order valence-electron chi connectivity index (χ4n) is 11.6. The summed E-state index contributed by atoms with van der Waals surface area (Å²) in [6.45, 7) is 16.2. The molecule has 0 spiro atoms. The number of fused-ring (bicyclic) bond motifs is 5. The molecule has 2 aromatic rings. The standard InChI is InChI=1S/C66H94ClN5O17/c1-14-43(15-2)63(81)86-39(6)21-16-17-22-46(73)33-47(37(3)4)60(78)70-48(23-19-27-69-64(68)82)51(75)31-44-25-26-45(32-50(44)74)61(79)71(10)41(8)62(80)88-55-34-56(76)72(11)49-29-42(30-52(84-12)58(49)67)28-38(5)20-18-24-54(85-13)66(83)35-53(87-57(77)36-66)40(7)59-65(55,9)89-59/h18,20,24-26,29-30,32,37,39-41,43,47-48,53-55,59,74,83H,14-17,19,21-23,27-28,31,33-36H2,1-13H3,(H,70,78)(H3,68,69,82)/b24-18+,38-20+/t39?,40-,41+,47+,48+,53+,54-,55+,59+,65+,66-/m1/s1. The van der Waals surface area contributed by atoms with Gasteiger partial charge in [0.25, 0.3) is 5.91 Å². The smallest absolute Gasteiger partial charge is 0.328 e. The number of benzene rings is 2. The Labute approximate surface area is 528 Å². The minimum Gasteiger partial charge on any atom is -0.508 e. The summed E-state index contributed by atoms with van der Waals surface area (Å²) in [7, 11) is 5.77. The maximum Gasteiger partial charge on any atom is 0.328 e. The molecule has 23 heteroatoms. The number of aromatic hydroxyl groups is 1. The Morgan fingerprint density at radius 2 is 1.67 bits per heavy atom. The summed E-state index contributed by atoms with van der Waals surface area (Å²) < 4.78 is 35.4. The molecule has 3 heterocycles. The number of urea groups is 1. The summed E-state index contributed by atoms with van der Waals surface area (Å²) in [6, 6.07) is 4.21. The number of allylic oxidation sites excluding steroid dienone is 3. The minimum absolute atomic E-state index is 0.0296. The highest BCUT2D eigenvalue weighted by atomic mass is 35.5. The van der Waals surface area contributed by atoms with Crippen molar-refractivity contribution in [2.75, 3.05) is 39.8 Å². The number of unbranched alkanes of at least 4 members (excludes halogenated alkanes) is 1. The van der Waals surface area contributed by atoms with Crippen LogP contribution in [-0.4, -0.2) is 157 Å². The molecule has 22 nitrogen and oxygen atoms in total. The van der Waals surface area contributed by atoms with E-state index in [0.717, 1.165) is 22.1 Å². The van der Waals surface area contributed by atoms with Crippen LogP contribution in [0.5, 0.6) is 11.5 Å². The number of nitrogens with zero attached hydrogens (tertiary/aromatic N) is 2. The first kappa shape index (κ1) is 72.9. The van der Waals surface area contributed by atoms with Crippen LogP contribution in [0.1, 0.15) is 161 Å². The molecule has 2 fully saturated rings. The maximum absolute atomic E-state index is 14.5. The average Bonchev–Trinajstić information content (AvgIpc) is 1.59. The number of primary amides is 1. The van der Waals surface area contributed by atoms with Gasteiger partial charge in [0.1, 0.15) is 57.9 Å². The number of nitrogens with two attached hydrogens (primary N) is 1. The van der Waals surface area contributed by atoms with E-state index in [-0.39, 0.29) is 90.9 Å². The monoisotopic (exact) mass is 1260 g/mol. The van der Waals surface area contributed by atoms with Gasteiger partial charge in [0, 0.05) is 76.4 Å². The van der Waals surface area contributed by atoms with E-state index in [9.17, 15) is 53.4 Å². The number of ether oxygens (including phenoxy) is 6. The Morgan fingerprint density at radius 3 is 2.30 bits per heavy atom. The number of aliphatic hydroxyl groups is 1. The van der Waals surface area contributed by atoms with E-state index in [4.69, 9.17) is 45.8 Å². The number of amides is 5. The van der Waals surface area contributed by atoms with E-state index >= 15 is 0 Å². The number of ketones is 2. The molecule has 5 amide bonds. The Balaban J connectivity index is 1.32. The number of epoxide rings is 1. The van der Waals surface area contributed by atoms with Crippen LogP contribution in [0.2, 0.25) is 5.02 Å². The number of anilines is 1. The number of Topliss-reactive ketones (excluding diaryl/α,β-unsaturated/α-hetero) is 2. The van der Waals surface area contributed by atoms with Crippen molar-refractivity contribution in [3.8, 4) is 11.5 Å². The molecule has 0 aromatic heterocycles. The van der Waals surface area contributed by atoms with E-state index < -0.39 is 120 Å². The second-order valence-electron chi connectivity index (χ2n) is 24.7. The molecule has 0 saturated carbocycles. The van der Waals surface area contributed by atoms with Crippen LogP contribution in [0.15, 0.2) is 54.1 Å². The zero-order chi connectivity index (χ0) is 66.2. The van der Waals surface area contributed by atoms with E-state index in [1.807, 2.05) is 33.8 Å². The third-order valence-electron chi connectivity index (χ3n) is 17.6. The van der Waals surface area contributed by atoms with E-state index in [2.05, 4.69) is 10.6 Å². The van der Waals surface area contributed by atoms with Crippen LogP contribution < -0.4 is 26.0 Å². The lowest BCUT2D eigenvalue weighted by molar-refractivity contribution is -0.187. The van der Waals surface area contributed by atoms with Gasteiger partial charge in [0.15, 0.2) is 5.78 Å². The van der Waals surface area contributed by atoms with Crippen molar-refractivity contribution in [2.45, 2.75) is 206 Å². The topological polar surface area (TPSA) is 309 Å². The number of methoxy groups -OCH3 is 2. The first-order chi connectivity index (χ1) is 41.9. The lowest BCUT2D eigenvalue weighted by Crippen LogP contribution is -2.53. The van der Waals surface area contributed by atoms with E-state index in [1.165, 1.54) is 52.3 Å². The van der Waals surface area contributed by atoms with Gasteiger partial charge in [-0.3, -0.25) is 33.6 Å². The second-order valence-corrected chi connectivity index (χ2v) is 25.1. The first-order valence-corrected chi connectivity index (χ1v) is 31.3. The van der Waals surface area contributed by atoms with Crippen LogP contribution in [0.25, 0.3) is 0 Å². The van der Waals surface area contributed by atoms with Gasteiger partial charge >= 0.3 is 23.9 Å². The summed E-state index contributed by atoms with van der Waals surface area (Å²) in [6.07, 6.45) is 3.87. The van der Waals surface area contributed by atoms with E-state index in [0.29, 0.717) is 50.0 Å². The number of hydrogen-bond donors (Lipinski definition) is 5. The number of phenols is 1. The molecular weight excluding hydrogens is 1170 g/mol. The van der Waals surface area contributed by atoms with Crippen molar-refractivity contribution in [3.05, 3.63) is 75.8 Å². The molecule has 5 rings (SSSR count). The van der Waals surface area contributed by atoms with Gasteiger partial charge in [-0.2, -0.15) is 0 Å². The third kappa shape index (κ3) is 19.6. The van der Waals surface area contributed by atoms with Crippen LogP contribution in [-0.2, 0) is 70.1 Å². The molecule has 0 aliphatic carbocycles. The molecule has 89 heavy (non-hydrogen) atoms. The molecule has 492 valence electrons. The molecule has 6 N–H and O–H groups in total. The normalized spacial score (nSPS) is 24.3. The SMILES string of the molecule is CCC(CC)C(=O)OC(C)CCCCC(=O)C[C@H](C(=O)N[C@@H](CCCNC(N)=O)C(=O)Cc1ccc(C(=O)N(C)[C@@H](C)C(=O)O[C@H]2CC(=O)N(C)c3cc(cc(OC)c3Cl)C/C(C)=C/C=C/[C@@H](OC)[C@]3(O)CC(=O)O[C@@H](C3)[C@@H](C)[C@@H]3O[C@@]23C)cc1O)C(C)C. The predicted molar refractivity (Wildman–Crippen MR) is 333 cm³/mol. The predicted octanol–water partition coefficient (Wildman–Crippen LogP) is 7.99. The molecule has 2 saturated heterocycles. The van der Waals surface area contributed by atoms with Gasteiger partial charge < -0.3 is 64.8 Å². The van der Waals surface area contributed by atoms with Crippen molar-refractivity contribution < 1.29 is 81.8 Å². The highest BCUT2D eigenvalue weighted by Crippen LogP contribution is 2.50. The van der Waals surface area contributed by atoms with Crippen LogP contribution >= 0.6 is 11.6 Å². The Bertz CT molecular complexity index is 2950. The molecule has 4 bridgehead atoms. The van der Waals surface area contributed by atoms with Gasteiger partial charge in [0.05, 0.1) is 49.8 Å². The second kappa shape index (κ2) is 32.7. The number of hydrogen-bond acceptors (Lipinski definition) is 17. The van der Waals surface area contributed by atoms with Crippen LogP contribution in [0.3, 0.4) is 0 Å². The summed E-state index contributed by atoms with van der Waals surface area (Å²) >= 11 is 6.86. The maximum atomic E-state index is 14.5. The van der Waals surface area contributed by atoms with Gasteiger partial charge in [-0.05, 0) is 115 Å². The molecular formula is C66H94ClN5O17. The van der Waals surface area contributed by atoms with Gasteiger partial charge in [-0.15, -0.1) is 0 Å². The number of likely N-dealkylation sites (N-methyl/N-ethyl adjacent to an activating group) is 1. The number of carbonyl (C=O) groups excluding carboxylic acids is 9. The number of esters is 3. The van der Waals surface area contributed by atoms with Crippen LogP contribution in [0, 0.1) is 23.7 Å². The minimum atomic E-state index is -1.67. The van der Waals surface area contributed by atoms with E-state index in [1.54, 1.807) is 52.0 Å². The zero-order valence-corrected chi connectivity index (χ0v) is 54.7. The highest BCUT2D eigenvalue weighted by molar-refractivity contribution is 6.35. The quantitative estimate of drug-likeness (QED) is 0.0245. The summed E-state index contributed by atoms with van der Waals surface area (Å²) in [5.74, 6) is -6.17. The Hall–Kier alpha value is -6.88. The molecule has 2 aromatic carbocycles. The largest absolute Gasteiger partial charge is 0.508 e. The molecule has 1 unspecified atom stereocenters. The lowest BCUT2D eigenvalue weighted by atomic mass is 9.78. The zero-order valence-electron chi connectivity index (χ0n) is 53.9. The number of phenolic OH excluding ortho intramolecular Hbond substituents is 1. The highest BCUT2D eigenvalue weighted by Gasteiger charge is 2.64. The molecule has 0 radical (unpaired) electrons. The fraction of sp³-hybridized carbons (Fsp3) is 0.621. The molecule has 11 atom stereocenters. The number of carbonyl (C=O) groups is 9. The molecule has 3 aliphatic heterocycles. The fourth-order valence-corrected chi connectivity index (χ4v) is 11.9. The number of halogens is 1. The van der Waals surface area contributed by atoms with Crippen molar-refractivity contribution >= 4 is 70.5 Å². The van der Waals surface area contributed by atoms with Crippen molar-refractivity contribution in [1.29, 1.82) is 0 Å². The van der Waals surface area contributed by atoms with Crippen molar-refractivity contribution in [3.63, 3.8) is 0 Å². The van der Waals surface area contributed by atoms with Crippen molar-refractivity contribution in [2.24, 2.45) is 29.4 Å². The van der Waals surface area contributed by atoms with Gasteiger partial charge in [-0.1, -0.05) is 76.1 Å². The number of nitrogens with one attached hydrogen (secondary N) is 2. The summed E-state index contributed by atoms with van der Waals surface area (Å²) in [5.41, 5.74) is 4.23. The Kier molecular flexibility index (Phi) is 26.8. The third-order valence-corrected chi connectivity index (χ3v) is 18.0. The van der Waals surface area contributed by atoms with Crippen molar-refractivity contribution in [1.82, 2.24) is 15.5 Å². The Morgan fingerprint density at radius 1 is 0.978 bits per heavy atom. The van der Waals surface area contributed by atoms with Crippen LogP contribution in [0.4, 0.5) is 10.5 Å².